The van der Waals surface area contributed by atoms with E-state index in [0.29, 0.717) is 0 Å². The Labute approximate surface area is 143 Å². The quantitative estimate of drug-likeness (QED) is 0.762. The summed E-state index contributed by atoms with van der Waals surface area (Å²) in [6, 6.07) is 24.0. The lowest BCUT2D eigenvalue weighted by molar-refractivity contribution is 0.439. The van der Waals surface area contributed by atoms with Gasteiger partial charge in [0.2, 0.25) is 0 Å². The van der Waals surface area contributed by atoms with Gasteiger partial charge < -0.3 is 10.6 Å². The van der Waals surface area contributed by atoms with Gasteiger partial charge in [-0.15, -0.1) is 0 Å². The summed E-state index contributed by atoms with van der Waals surface area (Å²) in [4.78, 5) is 2.40. The zero-order valence-electron chi connectivity index (χ0n) is 14.2. The molecule has 122 valence electrons. The fourth-order valence-electron chi connectivity index (χ4n) is 3.87. The molecular formula is C22H24N2. The minimum atomic E-state index is -0.294. The monoisotopic (exact) mass is 316 g/mol. The maximum atomic E-state index is 6.88. The molecule has 1 unspecified atom stereocenters. The van der Waals surface area contributed by atoms with Gasteiger partial charge in [-0.2, -0.15) is 0 Å². The average molecular weight is 316 g/mol. The number of aryl methyl sites for hydroxylation is 1. The topological polar surface area (TPSA) is 29.3 Å². The Morgan fingerprint density at radius 2 is 1.71 bits per heavy atom. The third-order valence-electron chi connectivity index (χ3n) is 5.20. The number of hydrogen-bond donors (Lipinski definition) is 1. The highest BCUT2D eigenvalue weighted by molar-refractivity contribution is 5.86. The Kier molecular flexibility index (Phi) is 3.78. The summed E-state index contributed by atoms with van der Waals surface area (Å²) >= 11 is 0. The summed E-state index contributed by atoms with van der Waals surface area (Å²) in [5.74, 6) is 0. The van der Waals surface area contributed by atoms with E-state index in [2.05, 4.69) is 78.6 Å². The van der Waals surface area contributed by atoms with Crippen LogP contribution in [0.15, 0.2) is 66.7 Å². The molecule has 0 amide bonds. The molecule has 2 N–H and O–H groups in total. The van der Waals surface area contributed by atoms with Crippen LogP contribution in [0.4, 0.5) is 5.69 Å². The van der Waals surface area contributed by atoms with Gasteiger partial charge in [0.15, 0.2) is 0 Å². The maximum Gasteiger partial charge on any atom is 0.0924 e. The van der Waals surface area contributed by atoms with Crippen molar-refractivity contribution >= 4 is 16.5 Å². The fraction of sp³-hybridized carbons (Fsp3) is 0.273. The van der Waals surface area contributed by atoms with Gasteiger partial charge in [-0.1, -0.05) is 60.2 Å². The van der Waals surface area contributed by atoms with E-state index in [1.165, 1.54) is 27.6 Å². The van der Waals surface area contributed by atoms with Crippen LogP contribution in [0.25, 0.3) is 10.8 Å². The van der Waals surface area contributed by atoms with Gasteiger partial charge >= 0.3 is 0 Å². The van der Waals surface area contributed by atoms with Gasteiger partial charge in [0.05, 0.1) is 5.66 Å². The number of nitrogens with zero attached hydrogens (tertiary/aromatic N) is 1. The average Bonchev–Trinajstić information content (AvgIpc) is 2.98. The van der Waals surface area contributed by atoms with Crippen molar-refractivity contribution in [3.05, 3.63) is 77.9 Å². The number of rotatable bonds is 3. The summed E-state index contributed by atoms with van der Waals surface area (Å²) in [7, 11) is 0. The molecule has 1 saturated heterocycles. The van der Waals surface area contributed by atoms with Crippen molar-refractivity contribution in [3.8, 4) is 0 Å². The molecule has 0 saturated carbocycles. The Morgan fingerprint density at radius 1 is 0.958 bits per heavy atom. The van der Waals surface area contributed by atoms with Gasteiger partial charge in [0.1, 0.15) is 0 Å². The van der Waals surface area contributed by atoms with Crippen molar-refractivity contribution in [2.24, 2.45) is 5.73 Å². The maximum absolute atomic E-state index is 6.88. The first-order valence-electron chi connectivity index (χ1n) is 8.75. The van der Waals surface area contributed by atoms with Gasteiger partial charge in [-0.25, -0.2) is 0 Å². The molecule has 0 spiro atoms. The van der Waals surface area contributed by atoms with E-state index in [0.717, 1.165) is 25.8 Å². The Bertz CT molecular complexity index is 853. The Balaban J connectivity index is 1.66. The van der Waals surface area contributed by atoms with E-state index in [-0.39, 0.29) is 5.66 Å². The standard InChI is InChI=1S/C22H24N2/c1-17-7-9-18(10-8-17)16-22(23)13-4-14-24(22)21-12-11-19-5-2-3-6-20(19)15-21/h2-3,5-12,15H,4,13-14,16,23H2,1H3. The van der Waals surface area contributed by atoms with Crippen LogP contribution in [-0.4, -0.2) is 12.2 Å². The van der Waals surface area contributed by atoms with E-state index in [1.54, 1.807) is 0 Å². The highest BCUT2D eigenvalue weighted by atomic mass is 15.3. The van der Waals surface area contributed by atoms with Crippen LogP contribution >= 0.6 is 0 Å². The third-order valence-corrected chi connectivity index (χ3v) is 5.20. The predicted octanol–water partition coefficient (Wildman–Crippen LogP) is 4.65. The molecule has 0 aliphatic carbocycles. The van der Waals surface area contributed by atoms with Crippen LogP contribution in [0.2, 0.25) is 0 Å². The van der Waals surface area contributed by atoms with Crippen LogP contribution in [0.1, 0.15) is 24.0 Å². The van der Waals surface area contributed by atoms with Crippen molar-refractivity contribution in [3.63, 3.8) is 0 Å². The first-order valence-corrected chi connectivity index (χ1v) is 8.75. The largest absolute Gasteiger partial charge is 0.353 e. The van der Waals surface area contributed by atoms with E-state index in [9.17, 15) is 0 Å². The van der Waals surface area contributed by atoms with E-state index in [1.807, 2.05) is 0 Å². The molecule has 24 heavy (non-hydrogen) atoms. The Hall–Kier alpha value is -2.32. The van der Waals surface area contributed by atoms with Crippen molar-refractivity contribution in [1.82, 2.24) is 0 Å². The first kappa shape index (κ1) is 15.2. The molecule has 3 aromatic carbocycles. The van der Waals surface area contributed by atoms with Crippen LogP contribution in [0, 0.1) is 6.92 Å². The van der Waals surface area contributed by atoms with E-state index >= 15 is 0 Å². The lowest BCUT2D eigenvalue weighted by Crippen LogP contribution is -2.53. The van der Waals surface area contributed by atoms with Gasteiger partial charge in [0, 0.05) is 18.7 Å². The molecule has 1 fully saturated rings. The van der Waals surface area contributed by atoms with E-state index in [4.69, 9.17) is 5.73 Å². The molecular weight excluding hydrogens is 292 g/mol. The predicted molar refractivity (Wildman–Crippen MR) is 102 cm³/mol. The van der Waals surface area contributed by atoms with Crippen LogP contribution in [0.5, 0.6) is 0 Å². The summed E-state index contributed by atoms with van der Waals surface area (Å²) in [6.07, 6.45) is 3.07. The highest BCUT2D eigenvalue weighted by Crippen LogP contribution is 2.34. The number of anilines is 1. The number of nitrogens with two attached hydrogens (primary N) is 1. The molecule has 1 aliphatic heterocycles. The van der Waals surface area contributed by atoms with E-state index < -0.39 is 0 Å². The fourth-order valence-corrected chi connectivity index (χ4v) is 3.87. The lowest BCUT2D eigenvalue weighted by atomic mass is 9.96. The molecule has 4 rings (SSSR count). The Morgan fingerprint density at radius 3 is 2.50 bits per heavy atom. The molecule has 0 aromatic heterocycles. The van der Waals surface area contributed by atoms with Gasteiger partial charge in [-0.3, -0.25) is 0 Å². The van der Waals surface area contributed by atoms with Crippen LogP contribution < -0.4 is 10.6 Å². The summed E-state index contributed by atoms with van der Waals surface area (Å²) < 4.78 is 0. The number of hydrogen-bond acceptors (Lipinski definition) is 2. The summed E-state index contributed by atoms with van der Waals surface area (Å²) in [6.45, 7) is 3.15. The minimum Gasteiger partial charge on any atom is -0.353 e. The number of fused-ring (bicyclic) bond motifs is 1. The zero-order valence-corrected chi connectivity index (χ0v) is 14.2. The molecule has 3 aromatic rings. The van der Waals surface area contributed by atoms with Crippen LogP contribution in [0.3, 0.4) is 0 Å². The lowest BCUT2D eigenvalue weighted by Gasteiger charge is -2.37. The zero-order chi connectivity index (χ0) is 16.6. The van der Waals surface area contributed by atoms with Crippen molar-refractivity contribution < 1.29 is 0 Å². The first-order chi connectivity index (χ1) is 11.6. The minimum absolute atomic E-state index is 0.294. The molecule has 1 aliphatic rings. The highest BCUT2D eigenvalue weighted by Gasteiger charge is 2.37. The smallest absolute Gasteiger partial charge is 0.0924 e. The third kappa shape index (κ3) is 2.78. The van der Waals surface area contributed by atoms with Crippen molar-refractivity contribution in [2.45, 2.75) is 31.8 Å². The SMILES string of the molecule is Cc1ccc(CC2(N)CCCN2c2ccc3ccccc3c2)cc1. The van der Waals surface area contributed by atoms with Crippen LogP contribution in [-0.2, 0) is 6.42 Å². The molecule has 2 heteroatoms. The second-order valence-corrected chi connectivity index (χ2v) is 7.05. The van der Waals surface area contributed by atoms with Gasteiger partial charge in [0.25, 0.3) is 0 Å². The second-order valence-electron chi connectivity index (χ2n) is 7.05. The van der Waals surface area contributed by atoms with Crippen molar-refractivity contribution in [2.75, 3.05) is 11.4 Å². The molecule has 1 atom stereocenters. The number of benzene rings is 3. The normalized spacial score (nSPS) is 20.7. The summed E-state index contributed by atoms with van der Waals surface area (Å²) in [5.41, 5.74) is 10.4. The molecule has 0 bridgehead atoms. The van der Waals surface area contributed by atoms with Crippen molar-refractivity contribution in [1.29, 1.82) is 0 Å². The molecule has 0 radical (unpaired) electrons. The molecule has 1 heterocycles. The molecule has 2 nitrogen and oxygen atoms in total. The second kappa shape index (κ2) is 5.95. The summed E-state index contributed by atoms with van der Waals surface area (Å²) in [5, 5.41) is 2.56. The van der Waals surface area contributed by atoms with Gasteiger partial charge in [-0.05, 0) is 48.2 Å².